The summed E-state index contributed by atoms with van der Waals surface area (Å²) in [6.07, 6.45) is -4.85. The number of thiol groups is 1. The first kappa shape index (κ1) is 17.6. The van der Waals surface area contributed by atoms with Crippen molar-refractivity contribution in [2.45, 2.75) is 19.5 Å². The molecule has 0 radical (unpaired) electrons. The number of carbonyl (C=O) groups excluding carboxylic acids is 1. The van der Waals surface area contributed by atoms with Gasteiger partial charge in [0, 0.05) is 13.3 Å². The molecule has 1 aromatic carbocycles. The SMILES string of the molecule is CC(=O)OCCc1cc(Cl)c(O[SH](=O)=O)c(C(F)(F)F)c1. The molecule has 1 rings (SSSR count). The van der Waals surface area contributed by atoms with Crippen molar-refractivity contribution in [3.8, 4) is 5.75 Å². The van der Waals surface area contributed by atoms with E-state index in [4.69, 9.17) is 11.6 Å². The molecule has 0 atom stereocenters. The Balaban J connectivity index is 3.15. The number of esters is 1. The van der Waals surface area contributed by atoms with Crippen molar-refractivity contribution in [1.29, 1.82) is 0 Å². The maximum absolute atomic E-state index is 12.9. The topological polar surface area (TPSA) is 69.7 Å². The molecule has 21 heavy (non-hydrogen) atoms. The van der Waals surface area contributed by atoms with E-state index in [9.17, 15) is 26.4 Å². The van der Waals surface area contributed by atoms with Crippen LogP contribution >= 0.6 is 11.6 Å². The first-order valence-electron chi connectivity index (χ1n) is 5.46. The van der Waals surface area contributed by atoms with Gasteiger partial charge in [-0.25, -0.2) is 0 Å². The highest BCUT2D eigenvalue weighted by atomic mass is 35.5. The molecule has 0 fully saturated rings. The molecule has 0 aliphatic heterocycles. The number of halogens is 4. The molecule has 0 aromatic heterocycles. The lowest BCUT2D eigenvalue weighted by Gasteiger charge is -2.14. The number of benzene rings is 1. The van der Waals surface area contributed by atoms with Gasteiger partial charge in [-0.1, -0.05) is 11.6 Å². The third kappa shape index (κ3) is 5.43. The maximum atomic E-state index is 12.9. The average molecular weight is 347 g/mol. The zero-order valence-corrected chi connectivity index (χ0v) is 12.2. The molecule has 5 nitrogen and oxygen atoms in total. The van der Waals surface area contributed by atoms with E-state index in [2.05, 4.69) is 8.92 Å². The second kappa shape index (κ2) is 6.99. The summed E-state index contributed by atoms with van der Waals surface area (Å²) in [6, 6.07) is 1.82. The summed E-state index contributed by atoms with van der Waals surface area (Å²) in [5, 5.41) is -0.498. The molecular weight excluding hydrogens is 337 g/mol. The van der Waals surface area contributed by atoms with Crippen molar-refractivity contribution in [3.05, 3.63) is 28.3 Å². The summed E-state index contributed by atoms with van der Waals surface area (Å²) in [5.41, 5.74) is -1.19. The largest absolute Gasteiger partial charge is 0.466 e. The van der Waals surface area contributed by atoms with Gasteiger partial charge >= 0.3 is 12.1 Å². The fraction of sp³-hybridized carbons (Fsp3) is 0.364. The third-order valence-electron chi connectivity index (χ3n) is 2.27. The number of alkyl halides is 3. The number of hydrogen-bond acceptors (Lipinski definition) is 5. The zero-order chi connectivity index (χ0) is 16.2. The average Bonchev–Trinajstić information content (AvgIpc) is 2.29. The summed E-state index contributed by atoms with van der Waals surface area (Å²) in [4.78, 5) is 10.6. The predicted octanol–water partition coefficient (Wildman–Crippen LogP) is 2.37. The first-order valence-corrected chi connectivity index (χ1v) is 6.94. The molecule has 0 N–H and O–H groups in total. The van der Waals surface area contributed by atoms with Crippen LogP contribution in [0.1, 0.15) is 18.1 Å². The van der Waals surface area contributed by atoms with Crippen molar-refractivity contribution in [2.75, 3.05) is 6.61 Å². The number of hydrogen-bond donors (Lipinski definition) is 1. The Morgan fingerprint density at radius 1 is 1.33 bits per heavy atom. The van der Waals surface area contributed by atoms with Crippen molar-refractivity contribution in [3.63, 3.8) is 0 Å². The van der Waals surface area contributed by atoms with Crippen LogP contribution in [0.25, 0.3) is 0 Å². The van der Waals surface area contributed by atoms with Gasteiger partial charge in [0.25, 0.3) is 11.0 Å². The lowest BCUT2D eigenvalue weighted by Crippen LogP contribution is -2.11. The van der Waals surface area contributed by atoms with Gasteiger partial charge in [0.15, 0.2) is 5.75 Å². The van der Waals surface area contributed by atoms with Crippen molar-refractivity contribution in [2.24, 2.45) is 0 Å². The Morgan fingerprint density at radius 2 is 1.95 bits per heavy atom. The number of ether oxygens (including phenoxy) is 1. The van der Waals surface area contributed by atoms with Crippen LogP contribution in [0.15, 0.2) is 12.1 Å². The molecule has 0 bridgehead atoms. The predicted molar refractivity (Wildman–Crippen MR) is 67.7 cm³/mol. The van der Waals surface area contributed by atoms with Gasteiger partial charge in [0.05, 0.1) is 11.6 Å². The van der Waals surface area contributed by atoms with Crippen LogP contribution in [0, 0.1) is 0 Å². The Morgan fingerprint density at radius 3 is 2.43 bits per heavy atom. The van der Waals surface area contributed by atoms with Crippen LogP contribution in [-0.2, 0) is 33.1 Å². The highest BCUT2D eigenvalue weighted by molar-refractivity contribution is 7.67. The molecule has 0 aliphatic rings. The van der Waals surface area contributed by atoms with Crippen molar-refractivity contribution >= 4 is 28.6 Å². The fourth-order valence-electron chi connectivity index (χ4n) is 1.48. The first-order chi connectivity index (χ1) is 9.61. The van der Waals surface area contributed by atoms with Crippen LogP contribution in [-0.4, -0.2) is 21.0 Å². The van der Waals surface area contributed by atoms with E-state index in [1.54, 1.807) is 0 Å². The van der Waals surface area contributed by atoms with Gasteiger partial charge in [0.1, 0.15) is 5.56 Å². The van der Waals surface area contributed by atoms with Gasteiger partial charge in [-0.3, -0.25) is 4.79 Å². The highest BCUT2D eigenvalue weighted by Gasteiger charge is 2.36. The molecule has 0 saturated heterocycles. The summed E-state index contributed by atoms with van der Waals surface area (Å²) in [6.45, 7) is 1.04. The van der Waals surface area contributed by atoms with Crippen LogP contribution in [0.4, 0.5) is 13.2 Å². The van der Waals surface area contributed by atoms with E-state index in [0.29, 0.717) is 6.07 Å². The number of carbonyl (C=O) groups is 1. The lowest BCUT2D eigenvalue weighted by atomic mass is 10.1. The number of rotatable bonds is 5. The summed E-state index contributed by atoms with van der Waals surface area (Å²) < 4.78 is 68.3. The molecule has 1 aromatic rings. The third-order valence-corrected chi connectivity index (χ3v) is 2.88. The van der Waals surface area contributed by atoms with E-state index in [-0.39, 0.29) is 18.6 Å². The second-order valence-corrected chi connectivity index (χ2v) is 4.89. The lowest BCUT2D eigenvalue weighted by molar-refractivity contribution is -0.141. The molecule has 0 unspecified atom stereocenters. The summed E-state index contributed by atoms with van der Waals surface area (Å²) >= 11 is 5.63. The van der Waals surface area contributed by atoms with E-state index in [1.807, 2.05) is 0 Å². The Labute approximate surface area is 124 Å². The molecule has 0 amide bonds. The minimum Gasteiger partial charge on any atom is -0.466 e. The van der Waals surface area contributed by atoms with Crippen molar-refractivity contribution < 1.29 is 35.3 Å². The van der Waals surface area contributed by atoms with Crippen LogP contribution < -0.4 is 4.18 Å². The minimum atomic E-state index is -4.85. The molecule has 0 aliphatic carbocycles. The highest BCUT2D eigenvalue weighted by Crippen LogP contribution is 2.41. The molecule has 0 heterocycles. The van der Waals surface area contributed by atoms with Gasteiger partial charge in [0.2, 0.25) is 0 Å². The van der Waals surface area contributed by atoms with E-state index >= 15 is 0 Å². The Hall–Kier alpha value is -1.48. The standard InChI is InChI=1S/C11H10ClF3O5S/c1-6(16)19-3-2-7-4-8(11(13,14)15)10(9(12)5-7)20-21(17)18/h4-5,21H,2-3H2,1H3. The van der Waals surface area contributed by atoms with Crippen LogP contribution in [0.2, 0.25) is 5.02 Å². The fourth-order valence-corrected chi connectivity index (χ4v) is 2.16. The maximum Gasteiger partial charge on any atom is 0.420 e. The second-order valence-electron chi connectivity index (χ2n) is 3.86. The molecule has 0 spiro atoms. The summed E-state index contributed by atoms with van der Waals surface area (Å²) in [7, 11) is -3.54. The van der Waals surface area contributed by atoms with Gasteiger partial charge in [-0.2, -0.15) is 21.6 Å². The van der Waals surface area contributed by atoms with Crippen LogP contribution in [0.3, 0.4) is 0 Å². The smallest absolute Gasteiger partial charge is 0.420 e. The van der Waals surface area contributed by atoms with Crippen molar-refractivity contribution in [1.82, 2.24) is 0 Å². The van der Waals surface area contributed by atoms with Crippen LogP contribution in [0.5, 0.6) is 5.75 Å². The zero-order valence-electron chi connectivity index (χ0n) is 10.6. The molecule has 118 valence electrons. The quantitative estimate of drug-likeness (QED) is 0.655. The van der Waals surface area contributed by atoms with Gasteiger partial charge in [-0.15, -0.1) is 0 Å². The van der Waals surface area contributed by atoms with Gasteiger partial charge in [-0.05, 0) is 17.7 Å². The summed E-state index contributed by atoms with van der Waals surface area (Å²) in [5.74, 6) is -1.54. The van der Waals surface area contributed by atoms with E-state index < -0.39 is 39.5 Å². The Bertz CT molecular complexity index is 605. The monoisotopic (exact) mass is 346 g/mol. The molecule has 10 heteroatoms. The normalized spacial score (nSPS) is 11.5. The van der Waals surface area contributed by atoms with Gasteiger partial charge < -0.3 is 8.92 Å². The molecule has 0 saturated carbocycles. The minimum absolute atomic E-state index is 0.00777. The van der Waals surface area contributed by atoms with E-state index in [1.165, 1.54) is 0 Å². The van der Waals surface area contributed by atoms with E-state index in [0.717, 1.165) is 13.0 Å². The Kier molecular flexibility index (Phi) is 5.85. The molecular formula is C11H10ClF3O5S.